The molecule has 0 aromatic carbocycles. The van der Waals surface area contributed by atoms with Crippen molar-refractivity contribution in [3.8, 4) is 0 Å². The third-order valence-corrected chi connectivity index (χ3v) is 2.01. The van der Waals surface area contributed by atoms with E-state index in [1.807, 2.05) is 0 Å². The molecule has 0 aliphatic rings. The third-order valence-electron chi connectivity index (χ3n) is 2.01. The van der Waals surface area contributed by atoms with Gasteiger partial charge < -0.3 is 5.32 Å². The van der Waals surface area contributed by atoms with Crippen molar-refractivity contribution >= 4 is 0 Å². The first-order chi connectivity index (χ1) is 6.27. The van der Waals surface area contributed by atoms with E-state index in [1.54, 1.807) is 0 Å². The summed E-state index contributed by atoms with van der Waals surface area (Å²) in [6, 6.07) is 0. The van der Waals surface area contributed by atoms with E-state index in [0.29, 0.717) is 0 Å². The van der Waals surface area contributed by atoms with E-state index in [1.165, 1.54) is 25.7 Å². The van der Waals surface area contributed by atoms with Crippen LogP contribution in [0, 0.1) is 0 Å². The van der Waals surface area contributed by atoms with E-state index in [4.69, 9.17) is 0 Å². The summed E-state index contributed by atoms with van der Waals surface area (Å²) in [5.74, 6) is 0. The number of hydrogen-bond donors (Lipinski definition) is 1. The molecule has 3 heteroatoms. The Morgan fingerprint density at radius 2 is 1.62 bits per heavy atom. The van der Waals surface area contributed by atoms with Crippen molar-refractivity contribution in [1.82, 2.24) is 5.32 Å². The van der Waals surface area contributed by atoms with E-state index in [0.717, 1.165) is 19.4 Å². The van der Waals surface area contributed by atoms with Crippen molar-refractivity contribution in [2.24, 2.45) is 0 Å². The monoisotopic (exact) mass is 193 g/mol. The Morgan fingerprint density at radius 1 is 1.00 bits per heavy atom. The van der Waals surface area contributed by atoms with Crippen LogP contribution in [-0.2, 0) is 0 Å². The van der Waals surface area contributed by atoms with Crippen LogP contribution in [0.4, 0.5) is 8.78 Å². The summed E-state index contributed by atoms with van der Waals surface area (Å²) in [4.78, 5) is 0. The van der Waals surface area contributed by atoms with Crippen molar-refractivity contribution in [2.75, 3.05) is 13.1 Å². The van der Waals surface area contributed by atoms with Crippen molar-refractivity contribution in [3.05, 3.63) is 0 Å². The van der Waals surface area contributed by atoms with E-state index < -0.39 is 6.43 Å². The second-order valence-electron chi connectivity index (χ2n) is 3.36. The van der Waals surface area contributed by atoms with Gasteiger partial charge in [0.1, 0.15) is 0 Å². The Balaban J connectivity index is 2.84. The summed E-state index contributed by atoms with van der Waals surface area (Å²) >= 11 is 0. The maximum atomic E-state index is 11.6. The molecule has 0 spiro atoms. The summed E-state index contributed by atoms with van der Waals surface area (Å²) in [7, 11) is 0. The van der Waals surface area contributed by atoms with Crippen LogP contribution in [0.15, 0.2) is 0 Å². The Bertz CT molecular complexity index is 96.9. The van der Waals surface area contributed by atoms with Crippen LogP contribution in [-0.4, -0.2) is 19.5 Å². The van der Waals surface area contributed by atoms with Crippen LogP contribution in [0.5, 0.6) is 0 Å². The second kappa shape index (κ2) is 9.90. The van der Waals surface area contributed by atoms with E-state index >= 15 is 0 Å². The lowest BCUT2D eigenvalue weighted by Crippen LogP contribution is -2.22. The van der Waals surface area contributed by atoms with Crippen molar-refractivity contribution in [1.29, 1.82) is 0 Å². The summed E-state index contributed by atoms with van der Waals surface area (Å²) in [6.45, 7) is 2.76. The molecule has 0 aromatic rings. The van der Waals surface area contributed by atoms with Gasteiger partial charge in [-0.15, -0.1) is 0 Å². The molecule has 0 saturated heterocycles. The average molecular weight is 193 g/mol. The molecule has 0 unspecified atom stereocenters. The van der Waals surface area contributed by atoms with E-state index in [2.05, 4.69) is 12.2 Å². The highest BCUT2D eigenvalue weighted by molar-refractivity contribution is 4.50. The fourth-order valence-corrected chi connectivity index (χ4v) is 1.24. The Labute approximate surface area is 79.9 Å². The van der Waals surface area contributed by atoms with Gasteiger partial charge in [0.05, 0.1) is 6.54 Å². The largest absolute Gasteiger partial charge is 0.311 e. The van der Waals surface area contributed by atoms with Crippen LogP contribution in [0.25, 0.3) is 0 Å². The quantitative estimate of drug-likeness (QED) is 0.554. The molecular formula is C10H21F2N. The van der Waals surface area contributed by atoms with Crippen LogP contribution in [0.2, 0.25) is 0 Å². The molecule has 0 amide bonds. The second-order valence-corrected chi connectivity index (χ2v) is 3.36. The zero-order chi connectivity index (χ0) is 9.94. The SMILES string of the molecule is CCCCCCCCNCC(F)F. The lowest BCUT2D eigenvalue weighted by atomic mass is 10.1. The predicted octanol–water partition coefficient (Wildman–Crippen LogP) is 3.20. The van der Waals surface area contributed by atoms with Gasteiger partial charge in [0.25, 0.3) is 6.43 Å². The van der Waals surface area contributed by atoms with Gasteiger partial charge in [-0.2, -0.15) is 0 Å². The number of unbranched alkanes of at least 4 members (excludes halogenated alkanes) is 5. The topological polar surface area (TPSA) is 12.0 Å². The number of halogens is 2. The van der Waals surface area contributed by atoms with Gasteiger partial charge in [-0.3, -0.25) is 0 Å². The van der Waals surface area contributed by atoms with Crippen LogP contribution in [0.1, 0.15) is 45.4 Å². The predicted molar refractivity (Wildman–Crippen MR) is 52.2 cm³/mol. The van der Waals surface area contributed by atoms with Crippen molar-refractivity contribution in [3.63, 3.8) is 0 Å². The first-order valence-electron chi connectivity index (χ1n) is 5.26. The van der Waals surface area contributed by atoms with Crippen molar-refractivity contribution in [2.45, 2.75) is 51.9 Å². The van der Waals surface area contributed by atoms with Gasteiger partial charge in [0.2, 0.25) is 0 Å². The van der Waals surface area contributed by atoms with Gasteiger partial charge in [-0.25, -0.2) is 8.78 Å². The molecule has 1 N–H and O–H groups in total. The molecule has 0 aliphatic carbocycles. The van der Waals surface area contributed by atoms with E-state index in [9.17, 15) is 8.78 Å². The minimum absolute atomic E-state index is 0.158. The van der Waals surface area contributed by atoms with Crippen molar-refractivity contribution < 1.29 is 8.78 Å². The summed E-state index contributed by atoms with van der Waals surface area (Å²) in [5.41, 5.74) is 0. The number of nitrogens with one attached hydrogen (secondary N) is 1. The molecule has 0 atom stereocenters. The Kier molecular flexibility index (Phi) is 9.77. The summed E-state index contributed by atoms with van der Waals surface area (Å²) < 4.78 is 23.3. The highest BCUT2D eigenvalue weighted by Crippen LogP contribution is 2.03. The molecule has 0 rings (SSSR count). The molecular weight excluding hydrogens is 172 g/mol. The minimum atomic E-state index is -2.21. The maximum absolute atomic E-state index is 11.6. The molecule has 0 bridgehead atoms. The minimum Gasteiger partial charge on any atom is -0.311 e. The lowest BCUT2D eigenvalue weighted by molar-refractivity contribution is 0.146. The standard InChI is InChI=1S/C10H21F2N/c1-2-3-4-5-6-7-8-13-9-10(11)12/h10,13H,2-9H2,1H3. The number of alkyl halides is 2. The molecule has 0 fully saturated rings. The first-order valence-corrected chi connectivity index (χ1v) is 5.26. The van der Waals surface area contributed by atoms with Crippen LogP contribution >= 0.6 is 0 Å². The van der Waals surface area contributed by atoms with E-state index in [-0.39, 0.29) is 6.54 Å². The highest BCUT2D eigenvalue weighted by Gasteiger charge is 1.99. The summed E-state index contributed by atoms with van der Waals surface area (Å²) in [6.07, 6.45) is 5.05. The Hall–Kier alpha value is -0.180. The Morgan fingerprint density at radius 3 is 2.23 bits per heavy atom. The molecule has 0 radical (unpaired) electrons. The highest BCUT2D eigenvalue weighted by atomic mass is 19.3. The normalized spacial score (nSPS) is 11.1. The molecule has 13 heavy (non-hydrogen) atoms. The summed E-state index contributed by atoms with van der Waals surface area (Å²) in [5, 5.41) is 2.73. The zero-order valence-corrected chi connectivity index (χ0v) is 8.49. The molecule has 0 aliphatic heterocycles. The average Bonchev–Trinajstić information content (AvgIpc) is 2.09. The molecule has 0 heterocycles. The van der Waals surface area contributed by atoms with Crippen LogP contribution < -0.4 is 5.32 Å². The van der Waals surface area contributed by atoms with Gasteiger partial charge >= 0.3 is 0 Å². The first kappa shape index (κ1) is 12.8. The number of hydrogen-bond acceptors (Lipinski definition) is 1. The lowest BCUT2D eigenvalue weighted by Gasteiger charge is -2.03. The van der Waals surface area contributed by atoms with Gasteiger partial charge in [-0.05, 0) is 13.0 Å². The molecule has 0 saturated carbocycles. The maximum Gasteiger partial charge on any atom is 0.250 e. The molecule has 1 nitrogen and oxygen atoms in total. The fraction of sp³-hybridized carbons (Fsp3) is 1.00. The molecule has 0 aromatic heterocycles. The van der Waals surface area contributed by atoms with Gasteiger partial charge in [-0.1, -0.05) is 39.0 Å². The van der Waals surface area contributed by atoms with Crippen LogP contribution in [0.3, 0.4) is 0 Å². The zero-order valence-electron chi connectivity index (χ0n) is 8.49. The third kappa shape index (κ3) is 11.8. The number of rotatable bonds is 9. The fourth-order valence-electron chi connectivity index (χ4n) is 1.24. The van der Waals surface area contributed by atoms with Gasteiger partial charge in [0, 0.05) is 0 Å². The molecule has 80 valence electrons. The van der Waals surface area contributed by atoms with Gasteiger partial charge in [0.15, 0.2) is 0 Å². The smallest absolute Gasteiger partial charge is 0.250 e.